The van der Waals surface area contributed by atoms with Gasteiger partial charge in [0.05, 0.1) is 38.6 Å². The molecule has 366 valence electrons. The van der Waals surface area contributed by atoms with Crippen molar-refractivity contribution in [2.75, 3.05) is 125 Å². The Bertz CT molecular complexity index is 1110. The van der Waals surface area contributed by atoms with E-state index in [-0.39, 0.29) is 52.5 Å². The Hall–Kier alpha value is -0.880. The minimum Gasteiger partial charge on any atom is -0.396 e. The second-order valence-corrected chi connectivity index (χ2v) is 15.1. The smallest absolute Gasteiger partial charge is 0.187 e. The van der Waals surface area contributed by atoms with Gasteiger partial charge in [-0.15, -0.1) is 0 Å². The normalized spacial score (nSPS) is 41.7. The molecule has 4 saturated heterocycles. The summed E-state index contributed by atoms with van der Waals surface area (Å²) in [6.45, 7) is -0.0276. The molecule has 4 fully saturated rings. The molecule has 4 heterocycles. The van der Waals surface area contributed by atoms with E-state index in [1.165, 1.54) is 56.9 Å². The molecule has 0 aromatic carbocycles. The Morgan fingerprint density at radius 1 is 0.323 bits per heavy atom. The monoisotopic (exact) mass is 906 g/mol. The zero-order valence-corrected chi connectivity index (χ0v) is 38.3. The second kappa shape index (κ2) is 27.7. The van der Waals surface area contributed by atoms with Crippen LogP contribution >= 0.6 is 0 Å². The highest BCUT2D eigenvalue weighted by Crippen LogP contribution is 2.37. The number of rotatable bonds is 27. The average molecular weight is 907 g/mol. The number of aliphatic hydroxyl groups excluding tert-OH is 2. The Kier molecular flexibility index (Phi) is 24.0. The van der Waals surface area contributed by atoms with Crippen molar-refractivity contribution in [2.24, 2.45) is 0 Å². The summed E-state index contributed by atoms with van der Waals surface area (Å²) in [6.07, 6.45) is -14.3. The Labute approximate surface area is 365 Å². The van der Waals surface area contributed by atoms with Gasteiger partial charge in [-0.25, -0.2) is 0 Å². The van der Waals surface area contributed by atoms with Crippen LogP contribution in [0.5, 0.6) is 0 Å². The lowest BCUT2D eigenvalue weighted by atomic mass is 9.94. The van der Waals surface area contributed by atoms with E-state index in [4.69, 9.17) is 94.7 Å². The van der Waals surface area contributed by atoms with E-state index in [0.717, 1.165) is 0 Å². The van der Waals surface area contributed by atoms with Gasteiger partial charge in [0.15, 0.2) is 25.2 Å². The zero-order valence-electron chi connectivity index (χ0n) is 38.3. The lowest BCUT2D eigenvalue weighted by molar-refractivity contribution is -0.371. The molecule has 0 spiro atoms. The predicted molar refractivity (Wildman–Crippen MR) is 211 cm³/mol. The quantitative estimate of drug-likeness (QED) is 0.0933. The first-order valence-corrected chi connectivity index (χ1v) is 20.8. The minimum absolute atomic E-state index is 0.0147. The molecule has 0 bridgehead atoms. The van der Waals surface area contributed by atoms with E-state index < -0.39 is 123 Å². The second-order valence-electron chi connectivity index (χ2n) is 15.1. The molecule has 0 aromatic rings. The topological polar surface area (TPSA) is 225 Å². The average Bonchev–Trinajstić information content (AvgIpc) is 3.28. The van der Waals surface area contributed by atoms with Crippen LogP contribution in [-0.4, -0.2) is 258 Å². The van der Waals surface area contributed by atoms with Crippen LogP contribution in [-0.2, 0) is 94.7 Å². The minimum atomic E-state index is -0.995. The van der Waals surface area contributed by atoms with Gasteiger partial charge in [0, 0.05) is 98.5 Å². The summed E-state index contributed by atoms with van der Waals surface area (Å²) in [4.78, 5) is 0. The van der Waals surface area contributed by atoms with Crippen LogP contribution < -0.4 is 0 Å². The van der Waals surface area contributed by atoms with Crippen molar-refractivity contribution < 1.29 is 105 Å². The highest BCUT2D eigenvalue weighted by molar-refractivity contribution is 4.98. The first-order chi connectivity index (χ1) is 30.2. The number of aliphatic hydroxyl groups is 2. The van der Waals surface area contributed by atoms with Gasteiger partial charge in [0.1, 0.15) is 85.5 Å². The maximum atomic E-state index is 10.1. The summed E-state index contributed by atoms with van der Waals surface area (Å²) in [6, 6.07) is 0. The van der Waals surface area contributed by atoms with Gasteiger partial charge in [-0.3, -0.25) is 0 Å². The molecule has 62 heavy (non-hydrogen) atoms. The molecule has 22 heteroatoms. The predicted octanol–water partition coefficient (Wildman–Crippen LogP) is -1.10. The maximum absolute atomic E-state index is 10.1. The van der Waals surface area contributed by atoms with E-state index in [1.807, 2.05) is 0 Å². The lowest BCUT2D eigenvalue weighted by Crippen LogP contribution is -2.66. The Morgan fingerprint density at radius 3 is 0.968 bits per heavy atom. The molecule has 0 saturated carbocycles. The first kappa shape index (κ1) is 53.7. The summed E-state index contributed by atoms with van der Waals surface area (Å²) in [5, 5.41) is 19.9. The van der Waals surface area contributed by atoms with E-state index >= 15 is 0 Å². The molecular weight excluding hydrogens is 832 g/mol. The van der Waals surface area contributed by atoms with E-state index in [1.54, 1.807) is 28.4 Å². The summed E-state index contributed by atoms with van der Waals surface area (Å²) < 4.78 is 121. The SMILES string of the molecule is COCC1O[C@@H](O[C@H]2C(COC)O[C@H](OCCO[C@@H]3OC(CCO)C(OC4OC(CCO)[C@@H](OC)[C@@H](OC)C4OC)[C@@H](OC)C3OC)C(OC)C2OC)C(OC)C(OC)[C@H]1OC. The van der Waals surface area contributed by atoms with Gasteiger partial charge in [-0.1, -0.05) is 0 Å². The number of ether oxygens (including phenoxy) is 20. The van der Waals surface area contributed by atoms with Crippen molar-refractivity contribution in [1.29, 1.82) is 0 Å². The lowest BCUT2D eigenvalue weighted by Gasteiger charge is -2.49. The standard InChI is InChI=1S/C40H74O22/c1-43-19-23-26(46-4)30(48-6)36(54-12)40(60-23)62-28-24(20-44-2)59-38(34(52-10)32(28)50-8)56-18-17-55-37-33(51-9)31(49-7)27(22(57-37)14-16-42)61-39-35(53-11)29(47-5)25(45-3)21(58-39)13-15-41/h21-42H,13-20H2,1-12H3/t21?,22?,23?,24?,25-,26+,27?,28+,29-,30?,31-,32?,33?,34?,35?,36?,37-,38+,39?,40+/m1/s1. The molecule has 0 aliphatic carbocycles. The molecule has 0 amide bonds. The number of methoxy groups -OCH3 is 12. The molecule has 0 radical (unpaired) electrons. The molecule has 20 atom stereocenters. The molecule has 4 aliphatic heterocycles. The summed E-state index contributed by atoms with van der Waals surface area (Å²) in [7, 11) is 18.5. The molecular formula is C40H74O22. The van der Waals surface area contributed by atoms with Gasteiger partial charge in [0.2, 0.25) is 0 Å². The van der Waals surface area contributed by atoms with Crippen LogP contribution in [0.2, 0.25) is 0 Å². The van der Waals surface area contributed by atoms with Crippen LogP contribution in [0.25, 0.3) is 0 Å². The van der Waals surface area contributed by atoms with Crippen LogP contribution in [0.1, 0.15) is 12.8 Å². The summed E-state index contributed by atoms with van der Waals surface area (Å²) in [5.74, 6) is 0. The fraction of sp³-hybridized carbons (Fsp3) is 1.00. The zero-order chi connectivity index (χ0) is 45.3. The van der Waals surface area contributed by atoms with E-state index in [0.29, 0.717) is 0 Å². The van der Waals surface area contributed by atoms with Gasteiger partial charge < -0.3 is 105 Å². The molecule has 12 unspecified atom stereocenters. The molecule has 22 nitrogen and oxygen atoms in total. The van der Waals surface area contributed by atoms with E-state index in [2.05, 4.69) is 0 Å². The summed E-state index contributed by atoms with van der Waals surface area (Å²) >= 11 is 0. The van der Waals surface area contributed by atoms with Crippen LogP contribution in [0.4, 0.5) is 0 Å². The van der Waals surface area contributed by atoms with Gasteiger partial charge in [0.25, 0.3) is 0 Å². The third kappa shape index (κ3) is 12.6. The third-order valence-corrected chi connectivity index (χ3v) is 11.8. The van der Waals surface area contributed by atoms with Crippen LogP contribution in [0, 0.1) is 0 Å². The molecule has 4 aliphatic rings. The number of hydrogen-bond acceptors (Lipinski definition) is 22. The largest absolute Gasteiger partial charge is 0.396 e. The van der Waals surface area contributed by atoms with Crippen LogP contribution in [0.15, 0.2) is 0 Å². The summed E-state index contributed by atoms with van der Waals surface area (Å²) in [5.41, 5.74) is 0. The number of hydrogen-bond donors (Lipinski definition) is 2. The molecule has 2 N–H and O–H groups in total. The fourth-order valence-corrected chi connectivity index (χ4v) is 8.92. The molecule has 0 aromatic heterocycles. The van der Waals surface area contributed by atoms with Crippen molar-refractivity contribution in [2.45, 2.75) is 136 Å². The fourth-order valence-electron chi connectivity index (χ4n) is 8.92. The van der Waals surface area contributed by atoms with Gasteiger partial charge >= 0.3 is 0 Å². The maximum Gasteiger partial charge on any atom is 0.187 e. The molecule has 4 rings (SSSR count). The Morgan fingerprint density at radius 2 is 0.597 bits per heavy atom. The van der Waals surface area contributed by atoms with Crippen molar-refractivity contribution >= 4 is 0 Å². The first-order valence-electron chi connectivity index (χ1n) is 20.8. The highest BCUT2D eigenvalue weighted by Gasteiger charge is 2.55. The van der Waals surface area contributed by atoms with Crippen molar-refractivity contribution in [3.05, 3.63) is 0 Å². The van der Waals surface area contributed by atoms with Crippen LogP contribution in [0.3, 0.4) is 0 Å². The Balaban J connectivity index is 1.45. The van der Waals surface area contributed by atoms with E-state index in [9.17, 15) is 10.2 Å². The van der Waals surface area contributed by atoms with Crippen molar-refractivity contribution in [3.63, 3.8) is 0 Å². The van der Waals surface area contributed by atoms with Gasteiger partial charge in [-0.05, 0) is 12.8 Å². The third-order valence-electron chi connectivity index (χ3n) is 11.8. The van der Waals surface area contributed by atoms with Crippen molar-refractivity contribution in [1.82, 2.24) is 0 Å². The van der Waals surface area contributed by atoms with Crippen molar-refractivity contribution in [3.8, 4) is 0 Å². The highest BCUT2D eigenvalue weighted by atomic mass is 16.8. The van der Waals surface area contributed by atoms with Gasteiger partial charge in [-0.2, -0.15) is 0 Å².